The monoisotopic (exact) mass is 579 g/mol. The van der Waals surface area contributed by atoms with Gasteiger partial charge in [0.25, 0.3) is 10.0 Å². The van der Waals surface area contributed by atoms with Crippen LogP contribution in [0.15, 0.2) is 83.9 Å². The smallest absolute Gasteiger partial charge is 0.268 e. The number of aromatic amines is 1. The topological polar surface area (TPSA) is 132 Å². The van der Waals surface area contributed by atoms with Gasteiger partial charge < -0.3 is 10.7 Å². The number of anilines is 1. The van der Waals surface area contributed by atoms with E-state index in [1.54, 1.807) is 30.3 Å². The Balaban J connectivity index is 1.34. The highest BCUT2D eigenvalue weighted by atomic mass is 32.2. The van der Waals surface area contributed by atoms with Crippen molar-refractivity contribution in [1.29, 1.82) is 0 Å². The molecule has 3 N–H and O–H groups in total. The number of imidazole rings is 1. The summed E-state index contributed by atoms with van der Waals surface area (Å²) in [5, 5.41) is 5.06. The summed E-state index contributed by atoms with van der Waals surface area (Å²) in [6.07, 6.45) is 3.74. The number of fused-ring (bicyclic) bond motifs is 2. The lowest BCUT2D eigenvalue weighted by atomic mass is 10.1. The number of nitrogen functional groups attached to an aromatic ring is 1. The molecule has 212 valence electrons. The van der Waals surface area contributed by atoms with E-state index in [0.29, 0.717) is 16.6 Å². The Hall–Kier alpha value is -4.74. The molecular formula is C31H29N7O3S. The maximum atomic E-state index is 14.1. The largest absolute Gasteiger partial charge is 0.383 e. The number of rotatable bonds is 7. The molecule has 1 fully saturated rings. The summed E-state index contributed by atoms with van der Waals surface area (Å²) in [6, 6.07) is 21.0. The Bertz CT molecular complexity index is 2090. The first kappa shape index (κ1) is 26.2. The van der Waals surface area contributed by atoms with Crippen molar-refractivity contribution in [2.24, 2.45) is 0 Å². The molecule has 4 heterocycles. The van der Waals surface area contributed by atoms with Crippen molar-refractivity contribution in [3.63, 3.8) is 0 Å². The third-order valence-electron chi connectivity index (χ3n) is 7.82. The van der Waals surface area contributed by atoms with Crippen LogP contribution in [-0.4, -0.2) is 55.9 Å². The van der Waals surface area contributed by atoms with Crippen molar-refractivity contribution in [1.82, 2.24) is 28.6 Å². The normalized spacial score (nSPS) is 14.3. The maximum absolute atomic E-state index is 14.1. The van der Waals surface area contributed by atoms with Crippen LogP contribution in [0.4, 0.5) is 5.82 Å². The van der Waals surface area contributed by atoms with E-state index < -0.39 is 15.8 Å². The number of H-pyrrole nitrogens is 1. The molecule has 3 aromatic carbocycles. The second-order valence-electron chi connectivity index (χ2n) is 10.7. The predicted molar refractivity (Wildman–Crippen MR) is 161 cm³/mol. The summed E-state index contributed by atoms with van der Waals surface area (Å²) in [5.41, 5.74) is 10.3. The molecule has 1 saturated heterocycles. The number of aromatic nitrogens is 5. The average Bonchev–Trinajstić information content (AvgIpc) is 3.78. The number of ketones is 1. The molecule has 0 amide bonds. The molecule has 0 spiro atoms. The fourth-order valence-electron chi connectivity index (χ4n) is 5.78. The number of nitrogens with two attached hydrogens (primary N) is 1. The van der Waals surface area contributed by atoms with E-state index in [4.69, 9.17) is 5.73 Å². The summed E-state index contributed by atoms with van der Waals surface area (Å²) in [4.78, 5) is 24.2. The Morgan fingerprint density at radius 2 is 1.79 bits per heavy atom. The molecule has 3 aromatic heterocycles. The van der Waals surface area contributed by atoms with Gasteiger partial charge in [-0.05, 0) is 86.9 Å². The molecule has 1 aliphatic heterocycles. The molecule has 7 rings (SSSR count). The molecular weight excluding hydrogens is 550 g/mol. The zero-order valence-electron chi connectivity index (χ0n) is 23.0. The Morgan fingerprint density at radius 3 is 2.57 bits per heavy atom. The van der Waals surface area contributed by atoms with Crippen LogP contribution in [0, 0.1) is 6.92 Å². The lowest BCUT2D eigenvalue weighted by Gasteiger charge is -2.15. The van der Waals surface area contributed by atoms with Crippen molar-refractivity contribution < 1.29 is 13.2 Å². The molecule has 42 heavy (non-hydrogen) atoms. The molecule has 0 atom stereocenters. The van der Waals surface area contributed by atoms with E-state index in [1.807, 2.05) is 37.3 Å². The van der Waals surface area contributed by atoms with Gasteiger partial charge in [0.2, 0.25) is 5.78 Å². The van der Waals surface area contributed by atoms with E-state index >= 15 is 0 Å². The number of nitrogens with one attached hydrogen (secondary N) is 1. The lowest BCUT2D eigenvalue weighted by molar-refractivity contribution is 0.103. The van der Waals surface area contributed by atoms with Crippen LogP contribution < -0.4 is 5.73 Å². The van der Waals surface area contributed by atoms with Crippen LogP contribution >= 0.6 is 0 Å². The predicted octanol–water partition coefficient (Wildman–Crippen LogP) is 4.66. The van der Waals surface area contributed by atoms with E-state index in [9.17, 15) is 13.2 Å². The quantitative estimate of drug-likeness (QED) is 0.263. The second-order valence-corrected chi connectivity index (χ2v) is 12.5. The molecule has 11 heteroatoms. The van der Waals surface area contributed by atoms with Crippen molar-refractivity contribution in [2.45, 2.75) is 31.2 Å². The van der Waals surface area contributed by atoms with Gasteiger partial charge in [-0.25, -0.2) is 22.1 Å². The van der Waals surface area contributed by atoms with Gasteiger partial charge >= 0.3 is 0 Å². The molecule has 6 aromatic rings. The number of carbonyl (C=O) groups is 1. The first-order chi connectivity index (χ1) is 20.3. The van der Waals surface area contributed by atoms with Crippen LogP contribution in [-0.2, 0) is 16.6 Å². The number of hydrogen-bond donors (Lipinski definition) is 2. The maximum Gasteiger partial charge on any atom is 0.268 e. The van der Waals surface area contributed by atoms with Crippen LogP contribution in [0.3, 0.4) is 0 Å². The third-order valence-corrected chi connectivity index (χ3v) is 9.56. The van der Waals surface area contributed by atoms with Gasteiger partial charge in [-0.2, -0.15) is 5.10 Å². The summed E-state index contributed by atoms with van der Waals surface area (Å²) in [5.74, 6) is 0.352. The summed E-state index contributed by atoms with van der Waals surface area (Å²) in [6.45, 7) is 4.73. The molecule has 0 radical (unpaired) electrons. The van der Waals surface area contributed by atoms with Gasteiger partial charge in [-0.15, -0.1) is 0 Å². The Kier molecular flexibility index (Phi) is 6.21. The highest BCUT2D eigenvalue weighted by Crippen LogP contribution is 2.31. The Morgan fingerprint density at radius 1 is 1.00 bits per heavy atom. The summed E-state index contributed by atoms with van der Waals surface area (Å²) >= 11 is 0. The minimum atomic E-state index is -4.12. The highest BCUT2D eigenvalue weighted by molar-refractivity contribution is 7.90. The molecule has 0 aliphatic carbocycles. The van der Waals surface area contributed by atoms with Crippen molar-refractivity contribution in [2.75, 3.05) is 18.8 Å². The molecule has 10 nitrogen and oxygen atoms in total. The Labute approximate surface area is 242 Å². The number of likely N-dealkylation sites (tertiary alicyclic amines) is 1. The number of aryl methyl sites for hydroxylation is 1. The van der Waals surface area contributed by atoms with Crippen LogP contribution in [0.25, 0.3) is 27.6 Å². The van der Waals surface area contributed by atoms with Gasteiger partial charge in [-0.1, -0.05) is 24.3 Å². The minimum absolute atomic E-state index is 0.00296. The fourth-order valence-corrected chi connectivity index (χ4v) is 7.31. The van der Waals surface area contributed by atoms with E-state index in [1.165, 1.54) is 35.9 Å². The van der Waals surface area contributed by atoms with Crippen molar-refractivity contribution in [3.05, 3.63) is 102 Å². The number of hydrogen-bond acceptors (Lipinski definition) is 7. The van der Waals surface area contributed by atoms with Crippen LogP contribution in [0.1, 0.15) is 40.3 Å². The molecule has 1 aliphatic rings. The van der Waals surface area contributed by atoms with Gasteiger partial charge in [0.05, 0.1) is 38.9 Å². The first-order valence-electron chi connectivity index (χ1n) is 13.8. The highest BCUT2D eigenvalue weighted by Gasteiger charge is 2.29. The number of benzene rings is 3. The number of carbonyl (C=O) groups excluding carboxylic acids is 1. The van der Waals surface area contributed by atoms with Gasteiger partial charge in [-0.3, -0.25) is 9.69 Å². The van der Waals surface area contributed by atoms with Gasteiger partial charge in [0.15, 0.2) is 0 Å². The summed E-state index contributed by atoms with van der Waals surface area (Å²) in [7, 11) is -4.12. The number of nitrogens with zero attached hydrogens (tertiary/aromatic N) is 5. The lowest BCUT2D eigenvalue weighted by Crippen LogP contribution is -2.19. The van der Waals surface area contributed by atoms with Crippen molar-refractivity contribution >= 4 is 43.6 Å². The minimum Gasteiger partial charge on any atom is -0.383 e. The van der Waals surface area contributed by atoms with Gasteiger partial charge in [0, 0.05) is 11.9 Å². The van der Waals surface area contributed by atoms with E-state index in [-0.39, 0.29) is 22.0 Å². The second kappa shape index (κ2) is 9.97. The summed E-state index contributed by atoms with van der Waals surface area (Å²) < 4.78 is 30.6. The molecule has 0 saturated carbocycles. The SMILES string of the molecule is Cc1nc2cc(-n3ncc(C(=O)c4cc5cc(CN6CCCC6)ccc5n4S(=O)(=O)c4ccccc4)c3N)ccc2[nH]1. The first-order valence-corrected chi connectivity index (χ1v) is 15.3. The van der Waals surface area contributed by atoms with Crippen LogP contribution in [0.2, 0.25) is 0 Å². The fraction of sp³-hybridized carbons (Fsp3) is 0.194. The zero-order chi connectivity index (χ0) is 29.0. The zero-order valence-corrected chi connectivity index (χ0v) is 23.8. The van der Waals surface area contributed by atoms with Crippen molar-refractivity contribution in [3.8, 4) is 5.69 Å². The van der Waals surface area contributed by atoms with E-state index in [0.717, 1.165) is 46.0 Å². The van der Waals surface area contributed by atoms with E-state index in [2.05, 4.69) is 20.0 Å². The van der Waals surface area contributed by atoms with Gasteiger partial charge in [0.1, 0.15) is 17.3 Å². The standard InChI is InChI=1S/C31H29N7O3S/c1-20-34-26-11-10-23(17-27(26)35-20)37-31(32)25(18-33-37)30(39)29-16-22-15-21(19-36-13-5-6-14-36)9-12-28(22)38(29)42(40,41)24-7-3-2-4-8-24/h2-4,7-12,15-18H,5-6,13-14,19,32H2,1H3,(H,34,35). The van der Waals surface area contributed by atoms with Crippen LogP contribution in [0.5, 0.6) is 0 Å². The third kappa shape index (κ3) is 4.38. The average molecular weight is 580 g/mol. The molecule has 0 bridgehead atoms. The molecule has 0 unspecified atom stereocenters.